The number of hydrogen-bond acceptors (Lipinski definition) is 3. The third-order valence-corrected chi connectivity index (χ3v) is 2.59. The lowest BCUT2D eigenvalue weighted by Gasteiger charge is -2.07. The van der Waals surface area contributed by atoms with Crippen molar-refractivity contribution in [3.05, 3.63) is 46.2 Å². The van der Waals surface area contributed by atoms with E-state index in [2.05, 4.69) is 4.98 Å². The second-order valence-corrected chi connectivity index (χ2v) is 3.87. The van der Waals surface area contributed by atoms with Gasteiger partial charge in [-0.25, -0.2) is 0 Å². The van der Waals surface area contributed by atoms with E-state index in [1.54, 1.807) is 13.2 Å². The number of nitrogen functional groups attached to an aromatic ring is 1. The molecule has 4 nitrogen and oxygen atoms in total. The molecule has 0 bridgehead atoms. The third-order valence-electron chi connectivity index (χ3n) is 2.59. The van der Waals surface area contributed by atoms with Crippen molar-refractivity contribution in [2.45, 2.75) is 6.92 Å². The lowest BCUT2D eigenvalue weighted by Crippen LogP contribution is -2.07. The maximum atomic E-state index is 11.3. The van der Waals surface area contributed by atoms with Crippen LogP contribution in [0, 0.1) is 6.92 Å². The fourth-order valence-electron chi connectivity index (χ4n) is 1.79. The number of aromatic nitrogens is 1. The molecule has 17 heavy (non-hydrogen) atoms. The van der Waals surface area contributed by atoms with Gasteiger partial charge >= 0.3 is 0 Å². The first-order chi connectivity index (χ1) is 8.10. The molecule has 0 fully saturated rings. The maximum absolute atomic E-state index is 11.3. The lowest BCUT2D eigenvalue weighted by molar-refractivity contribution is 0.412. The SMILES string of the molecule is COc1ccc(-c2cc(N)[nH]c(=O)c2)cc1C. The van der Waals surface area contributed by atoms with Gasteiger partial charge in [0.15, 0.2) is 0 Å². The number of anilines is 1. The lowest BCUT2D eigenvalue weighted by atomic mass is 10.0. The van der Waals surface area contributed by atoms with Crippen LogP contribution in [0.15, 0.2) is 35.1 Å². The molecule has 88 valence electrons. The van der Waals surface area contributed by atoms with Gasteiger partial charge in [-0.1, -0.05) is 6.07 Å². The number of pyridine rings is 1. The molecule has 0 aliphatic carbocycles. The van der Waals surface area contributed by atoms with Gasteiger partial charge < -0.3 is 15.5 Å². The Morgan fingerprint density at radius 2 is 1.94 bits per heavy atom. The molecule has 1 aromatic carbocycles. The zero-order chi connectivity index (χ0) is 12.4. The molecule has 1 heterocycles. The summed E-state index contributed by atoms with van der Waals surface area (Å²) in [6, 6.07) is 9.01. The minimum atomic E-state index is -0.200. The van der Waals surface area contributed by atoms with Gasteiger partial charge in [-0.15, -0.1) is 0 Å². The third kappa shape index (κ3) is 2.30. The highest BCUT2D eigenvalue weighted by molar-refractivity contribution is 5.67. The Labute approximate surface area is 99.1 Å². The Bertz CT molecular complexity index is 603. The van der Waals surface area contributed by atoms with Crippen LogP contribution in [0.3, 0.4) is 0 Å². The standard InChI is InChI=1S/C13H14N2O2/c1-8-5-9(3-4-11(8)17-2)10-6-12(14)15-13(16)7-10/h3-7H,1-2H3,(H3,14,15,16). The monoisotopic (exact) mass is 230 g/mol. The van der Waals surface area contributed by atoms with Gasteiger partial charge in [-0.2, -0.15) is 0 Å². The van der Waals surface area contributed by atoms with Crippen LogP contribution in [0.25, 0.3) is 11.1 Å². The van der Waals surface area contributed by atoms with E-state index in [9.17, 15) is 4.79 Å². The Balaban J connectivity index is 2.53. The zero-order valence-electron chi connectivity index (χ0n) is 9.78. The van der Waals surface area contributed by atoms with Gasteiger partial charge in [-0.05, 0) is 41.8 Å². The van der Waals surface area contributed by atoms with Gasteiger partial charge in [0.1, 0.15) is 11.6 Å². The van der Waals surface area contributed by atoms with Gasteiger partial charge in [0.2, 0.25) is 5.56 Å². The van der Waals surface area contributed by atoms with E-state index in [1.807, 2.05) is 25.1 Å². The topological polar surface area (TPSA) is 68.1 Å². The number of nitrogens with one attached hydrogen (secondary N) is 1. The minimum Gasteiger partial charge on any atom is -0.496 e. The summed E-state index contributed by atoms with van der Waals surface area (Å²) in [5, 5.41) is 0. The predicted octanol–water partition coefficient (Wildman–Crippen LogP) is 1.94. The van der Waals surface area contributed by atoms with Crippen LogP contribution >= 0.6 is 0 Å². The van der Waals surface area contributed by atoms with Crippen LogP contribution in [0.1, 0.15) is 5.56 Å². The summed E-state index contributed by atoms with van der Waals surface area (Å²) in [5.41, 5.74) is 8.18. The van der Waals surface area contributed by atoms with Crippen molar-refractivity contribution in [2.24, 2.45) is 0 Å². The molecule has 0 saturated heterocycles. The largest absolute Gasteiger partial charge is 0.496 e. The number of rotatable bonds is 2. The van der Waals surface area contributed by atoms with Crippen molar-refractivity contribution in [3.63, 3.8) is 0 Å². The quantitative estimate of drug-likeness (QED) is 0.828. The zero-order valence-corrected chi connectivity index (χ0v) is 9.78. The average molecular weight is 230 g/mol. The molecule has 0 amide bonds. The van der Waals surface area contributed by atoms with Crippen molar-refractivity contribution in [2.75, 3.05) is 12.8 Å². The van der Waals surface area contributed by atoms with E-state index in [-0.39, 0.29) is 5.56 Å². The fraction of sp³-hybridized carbons (Fsp3) is 0.154. The van der Waals surface area contributed by atoms with E-state index in [0.717, 1.165) is 22.4 Å². The molecule has 0 unspecified atom stereocenters. The summed E-state index contributed by atoms with van der Waals surface area (Å²) >= 11 is 0. The van der Waals surface area contributed by atoms with Crippen molar-refractivity contribution in [1.82, 2.24) is 4.98 Å². The summed E-state index contributed by atoms with van der Waals surface area (Å²) in [6.45, 7) is 1.96. The molecule has 0 aliphatic rings. The first kappa shape index (κ1) is 11.3. The maximum Gasteiger partial charge on any atom is 0.250 e. The smallest absolute Gasteiger partial charge is 0.250 e. The Kier molecular flexibility index (Phi) is 2.87. The number of H-pyrrole nitrogens is 1. The normalized spacial score (nSPS) is 10.2. The molecule has 2 rings (SSSR count). The highest BCUT2D eigenvalue weighted by atomic mass is 16.5. The second kappa shape index (κ2) is 4.33. The number of ether oxygens (including phenoxy) is 1. The van der Waals surface area contributed by atoms with Crippen molar-refractivity contribution in [3.8, 4) is 16.9 Å². The fourth-order valence-corrected chi connectivity index (χ4v) is 1.79. The summed E-state index contributed by atoms with van der Waals surface area (Å²) in [7, 11) is 1.63. The van der Waals surface area contributed by atoms with Crippen LogP contribution in [0.4, 0.5) is 5.82 Å². The van der Waals surface area contributed by atoms with Crippen molar-refractivity contribution >= 4 is 5.82 Å². The summed E-state index contributed by atoms with van der Waals surface area (Å²) in [5.74, 6) is 1.19. The molecule has 0 spiro atoms. The highest BCUT2D eigenvalue weighted by Gasteiger charge is 2.03. The minimum absolute atomic E-state index is 0.200. The van der Waals surface area contributed by atoms with Gasteiger partial charge in [0.05, 0.1) is 7.11 Å². The number of benzene rings is 1. The average Bonchev–Trinajstić information content (AvgIpc) is 2.27. The number of aromatic amines is 1. The van der Waals surface area contributed by atoms with Gasteiger partial charge in [0.25, 0.3) is 0 Å². The number of nitrogens with two attached hydrogens (primary N) is 1. The van der Waals surface area contributed by atoms with Crippen LogP contribution in [0.5, 0.6) is 5.75 Å². The summed E-state index contributed by atoms with van der Waals surface area (Å²) in [4.78, 5) is 13.8. The first-order valence-electron chi connectivity index (χ1n) is 5.25. The molecule has 0 saturated carbocycles. The Morgan fingerprint density at radius 1 is 1.18 bits per heavy atom. The predicted molar refractivity (Wildman–Crippen MR) is 68.2 cm³/mol. The van der Waals surface area contributed by atoms with Crippen LogP contribution in [-0.4, -0.2) is 12.1 Å². The Morgan fingerprint density at radius 3 is 2.53 bits per heavy atom. The van der Waals surface area contributed by atoms with E-state index in [1.165, 1.54) is 6.07 Å². The Hall–Kier alpha value is -2.23. The van der Waals surface area contributed by atoms with E-state index in [4.69, 9.17) is 10.5 Å². The molecule has 2 aromatic rings. The molecule has 1 aromatic heterocycles. The van der Waals surface area contributed by atoms with Crippen molar-refractivity contribution in [1.29, 1.82) is 0 Å². The van der Waals surface area contributed by atoms with Crippen molar-refractivity contribution < 1.29 is 4.74 Å². The molecular formula is C13H14N2O2. The molecule has 0 atom stereocenters. The molecule has 0 aliphatic heterocycles. The summed E-state index contributed by atoms with van der Waals surface area (Å²) < 4.78 is 5.19. The first-order valence-corrected chi connectivity index (χ1v) is 5.25. The van der Waals surface area contributed by atoms with Crippen LogP contribution in [-0.2, 0) is 0 Å². The van der Waals surface area contributed by atoms with E-state index in [0.29, 0.717) is 5.82 Å². The van der Waals surface area contributed by atoms with E-state index < -0.39 is 0 Å². The van der Waals surface area contributed by atoms with E-state index >= 15 is 0 Å². The number of methoxy groups -OCH3 is 1. The number of hydrogen-bond donors (Lipinski definition) is 2. The highest BCUT2D eigenvalue weighted by Crippen LogP contribution is 2.25. The molecule has 0 radical (unpaired) electrons. The second-order valence-electron chi connectivity index (χ2n) is 3.87. The number of aryl methyl sites for hydroxylation is 1. The van der Waals surface area contributed by atoms with Gasteiger partial charge in [-0.3, -0.25) is 4.79 Å². The molecule has 4 heteroatoms. The van der Waals surface area contributed by atoms with Gasteiger partial charge in [0, 0.05) is 6.07 Å². The van der Waals surface area contributed by atoms with Crippen LogP contribution in [0.2, 0.25) is 0 Å². The van der Waals surface area contributed by atoms with Crippen LogP contribution < -0.4 is 16.0 Å². The molecule has 3 N–H and O–H groups in total. The molecular weight excluding hydrogens is 216 g/mol. The summed E-state index contributed by atoms with van der Waals surface area (Å²) in [6.07, 6.45) is 0.